The van der Waals surface area contributed by atoms with E-state index in [0.717, 1.165) is 22.4 Å². The van der Waals surface area contributed by atoms with E-state index in [4.69, 9.17) is 4.98 Å². The van der Waals surface area contributed by atoms with Crippen molar-refractivity contribution in [1.29, 1.82) is 0 Å². The van der Waals surface area contributed by atoms with Crippen molar-refractivity contribution in [2.45, 2.75) is 24.9 Å². The second-order valence-corrected chi connectivity index (χ2v) is 7.08. The molecule has 0 aliphatic heterocycles. The summed E-state index contributed by atoms with van der Waals surface area (Å²) in [5.41, 5.74) is 3.04. The highest BCUT2D eigenvalue weighted by atomic mass is 16.2. The third-order valence-corrected chi connectivity index (χ3v) is 5.08. The molecule has 2 aromatic carbocycles. The second-order valence-electron chi connectivity index (χ2n) is 7.08. The van der Waals surface area contributed by atoms with Gasteiger partial charge in [0.2, 0.25) is 5.91 Å². The average Bonchev–Trinajstić information content (AvgIpc) is 3.46. The maximum atomic E-state index is 12.7. The van der Waals surface area contributed by atoms with Gasteiger partial charge in [-0.25, -0.2) is 4.98 Å². The molecule has 0 radical (unpaired) electrons. The van der Waals surface area contributed by atoms with Crippen molar-refractivity contribution in [3.05, 3.63) is 66.0 Å². The molecule has 26 heavy (non-hydrogen) atoms. The Hall–Kier alpha value is -2.66. The van der Waals surface area contributed by atoms with Crippen molar-refractivity contribution >= 4 is 16.9 Å². The number of fused-ring (bicyclic) bond motifs is 1. The first-order chi connectivity index (χ1) is 12.6. The molecule has 5 nitrogen and oxygen atoms in total. The Morgan fingerprint density at radius 1 is 1.19 bits per heavy atom. The summed E-state index contributed by atoms with van der Waals surface area (Å²) in [6.45, 7) is 0.415. The summed E-state index contributed by atoms with van der Waals surface area (Å²) in [4.78, 5) is 19.6. The minimum atomic E-state index is -0.270. The van der Waals surface area contributed by atoms with Gasteiger partial charge in [-0.15, -0.1) is 0 Å². The summed E-state index contributed by atoms with van der Waals surface area (Å²) in [6.07, 6.45) is 2.38. The number of amides is 1. The van der Waals surface area contributed by atoms with Gasteiger partial charge >= 0.3 is 0 Å². The average molecular weight is 348 g/mol. The van der Waals surface area contributed by atoms with E-state index in [-0.39, 0.29) is 11.9 Å². The van der Waals surface area contributed by atoms with Crippen LogP contribution in [0.5, 0.6) is 0 Å². The van der Waals surface area contributed by atoms with Gasteiger partial charge in [-0.3, -0.25) is 9.69 Å². The molecule has 4 rings (SSSR count). The number of carbonyl (C=O) groups excluding carboxylic acids is 1. The number of nitrogens with one attached hydrogen (secondary N) is 1. The van der Waals surface area contributed by atoms with E-state index >= 15 is 0 Å². The number of carbonyl (C=O) groups is 1. The predicted molar refractivity (Wildman–Crippen MR) is 103 cm³/mol. The van der Waals surface area contributed by atoms with Gasteiger partial charge in [-0.1, -0.05) is 42.5 Å². The summed E-state index contributed by atoms with van der Waals surface area (Å²) in [5, 5.41) is 3.20. The highest BCUT2D eigenvalue weighted by Crippen LogP contribution is 2.26. The zero-order chi connectivity index (χ0) is 18.1. The number of rotatable bonds is 6. The number of hydrogen-bond acceptors (Lipinski definition) is 3. The highest BCUT2D eigenvalue weighted by molar-refractivity contribution is 5.80. The summed E-state index contributed by atoms with van der Waals surface area (Å²) < 4.78 is 2.07. The van der Waals surface area contributed by atoms with Crippen LogP contribution in [-0.2, 0) is 11.8 Å². The molecule has 5 heteroatoms. The number of benzene rings is 2. The van der Waals surface area contributed by atoms with Gasteiger partial charge in [0.25, 0.3) is 0 Å². The van der Waals surface area contributed by atoms with Crippen LogP contribution in [0.4, 0.5) is 0 Å². The maximum absolute atomic E-state index is 12.7. The van der Waals surface area contributed by atoms with Crippen LogP contribution in [0.2, 0.25) is 0 Å². The topological polar surface area (TPSA) is 50.2 Å². The molecule has 1 amide bonds. The van der Waals surface area contributed by atoms with E-state index in [0.29, 0.717) is 12.6 Å². The van der Waals surface area contributed by atoms with Crippen LogP contribution in [0.1, 0.15) is 30.3 Å². The van der Waals surface area contributed by atoms with E-state index in [2.05, 4.69) is 20.9 Å². The molecule has 1 N–H and O–H groups in total. The smallest absolute Gasteiger partial charge is 0.235 e. The van der Waals surface area contributed by atoms with Crippen LogP contribution in [0, 0.1) is 0 Å². The first-order valence-electron chi connectivity index (χ1n) is 9.09. The van der Waals surface area contributed by atoms with E-state index in [1.54, 1.807) is 0 Å². The van der Waals surface area contributed by atoms with Gasteiger partial charge < -0.3 is 9.88 Å². The Bertz CT molecular complexity index is 914. The fraction of sp³-hybridized carbons (Fsp3) is 0.333. The molecular formula is C21H24N4O. The number of aryl methyl sites for hydroxylation is 1. The number of para-hydroxylation sites is 2. The molecule has 1 aromatic heterocycles. The number of hydrogen-bond donors (Lipinski definition) is 1. The Labute approximate surface area is 153 Å². The molecule has 1 fully saturated rings. The lowest BCUT2D eigenvalue weighted by Gasteiger charge is -2.21. The zero-order valence-corrected chi connectivity index (χ0v) is 15.2. The summed E-state index contributed by atoms with van der Waals surface area (Å²) in [6, 6.07) is 18.4. The molecule has 1 aliphatic carbocycles. The number of aromatic nitrogens is 2. The van der Waals surface area contributed by atoms with E-state index < -0.39 is 0 Å². The molecule has 0 bridgehead atoms. The van der Waals surface area contributed by atoms with Gasteiger partial charge in [0.15, 0.2) is 0 Å². The molecule has 1 saturated carbocycles. The lowest BCUT2D eigenvalue weighted by Crippen LogP contribution is -2.39. The quantitative estimate of drug-likeness (QED) is 0.745. The Kier molecular flexibility index (Phi) is 4.47. The molecule has 134 valence electrons. The summed E-state index contributed by atoms with van der Waals surface area (Å²) >= 11 is 0. The molecular weight excluding hydrogens is 324 g/mol. The van der Waals surface area contributed by atoms with Gasteiger partial charge in [-0.05, 0) is 37.6 Å². The summed E-state index contributed by atoms with van der Waals surface area (Å²) in [5.74, 6) is 0.875. The normalized spacial score (nSPS) is 15.3. The molecule has 1 heterocycles. The van der Waals surface area contributed by atoms with E-state index in [1.807, 2.05) is 62.6 Å². The Balaban J connectivity index is 1.66. The first-order valence-corrected chi connectivity index (χ1v) is 9.09. The SMILES string of the molecule is CN(CC(=O)N[C@@H](c1ccccc1)c1nc2ccccc2n1C)C1CC1. The van der Waals surface area contributed by atoms with E-state index in [1.165, 1.54) is 12.8 Å². The lowest BCUT2D eigenvalue weighted by molar-refractivity contribution is -0.122. The number of imidazole rings is 1. The maximum Gasteiger partial charge on any atom is 0.235 e. The van der Waals surface area contributed by atoms with Crippen molar-refractivity contribution in [2.24, 2.45) is 7.05 Å². The predicted octanol–water partition coefficient (Wildman–Crippen LogP) is 2.87. The van der Waals surface area contributed by atoms with Gasteiger partial charge in [-0.2, -0.15) is 0 Å². The van der Waals surface area contributed by atoms with Crippen molar-refractivity contribution in [1.82, 2.24) is 19.8 Å². The number of likely N-dealkylation sites (N-methyl/N-ethyl adjacent to an activating group) is 1. The van der Waals surface area contributed by atoms with Crippen LogP contribution in [0.15, 0.2) is 54.6 Å². The van der Waals surface area contributed by atoms with Crippen molar-refractivity contribution in [2.75, 3.05) is 13.6 Å². The summed E-state index contributed by atoms with van der Waals surface area (Å²) in [7, 11) is 4.02. The fourth-order valence-corrected chi connectivity index (χ4v) is 3.44. The largest absolute Gasteiger partial charge is 0.341 e. The molecule has 0 unspecified atom stereocenters. The molecule has 1 atom stereocenters. The first kappa shape index (κ1) is 16.8. The van der Waals surface area contributed by atoms with Crippen LogP contribution >= 0.6 is 0 Å². The van der Waals surface area contributed by atoms with Gasteiger partial charge in [0.05, 0.1) is 17.6 Å². The number of nitrogens with zero attached hydrogens (tertiary/aromatic N) is 3. The molecule has 0 spiro atoms. The van der Waals surface area contributed by atoms with Crippen molar-refractivity contribution in [3.63, 3.8) is 0 Å². The standard InChI is InChI=1S/C21H24N4O/c1-24(16-12-13-16)14-19(26)23-20(15-8-4-3-5-9-15)21-22-17-10-6-7-11-18(17)25(21)2/h3-11,16,20H,12-14H2,1-2H3,(H,23,26)/t20-/m0/s1. The van der Waals surface area contributed by atoms with Crippen LogP contribution in [0.25, 0.3) is 11.0 Å². The third-order valence-electron chi connectivity index (χ3n) is 5.08. The van der Waals surface area contributed by atoms with Crippen LogP contribution < -0.4 is 5.32 Å². The lowest BCUT2D eigenvalue weighted by atomic mass is 10.1. The molecule has 1 aliphatic rings. The highest BCUT2D eigenvalue weighted by Gasteiger charge is 2.29. The van der Waals surface area contributed by atoms with Crippen LogP contribution in [0.3, 0.4) is 0 Å². The Morgan fingerprint density at radius 2 is 1.88 bits per heavy atom. The van der Waals surface area contributed by atoms with Crippen molar-refractivity contribution in [3.8, 4) is 0 Å². The third kappa shape index (κ3) is 3.35. The fourth-order valence-electron chi connectivity index (χ4n) is 3.44. The van der Waals surface area contributed by atoms with Gasteiger partial charge in [0, 0.05) is 13.1 Å². The van der Waals surface area contributed by atoms with Gasteiger partial charge in [0.1, 0.15) is 11.9 Å². The zero-order valence-electron chi connectivity index (χ0n) is 15.2. The van der Waals surface area contributed by atoms with E-state index in [9.17, 15) is 4.79 Å². The Morgan fingerprint density at radius 3 is 2.58 bits per heavy atom. The van der Waals surface area contributed by atoms with Crippen molar-refractivity contribution < 1.29 is 4.79 Å². The molecule has 0 saturated heterocycles. The minimum Gasteiger partial charge on any atom is -0.341 e. The van der Waals surface area contributed by atoms with Crippen LogP contribution in [-0.4, -0.2) is 40.0 Å². The minimum absolute atomic E-state index is 0.0281. The monoisotopic (exact) mass is 348 g/mol. The second kappa shape index (κ2) is 6.92. The molecule has 3 aromatic rings.